The van der Waals surface area contributed by atoms with Crippen LogP contribution in [0.3, 0.4) is 0 Å². The average molecular weight is 485 g/mol. The van der Waals surface area contributed by atoms with Gasteiger partial charge in [0.15, 0.2) is 5.78 Å². The van der Waals surface area contributed by atoms with Gasteiger partial charge in [-0.1, -0.05) is 37.3 Å². The summed E-state index contributed by atoms with van der Waals surface area (Å²) in [4.78, 5) is 28.6. The monoisotopic (exact) mass is 484 g/mol. The van der Waals surface area contributed by atoms with E-state index >= 15 is 0 Å². The van der Waals surface area contributed by atoms with Gasteiger partial charge >= 0.3 is 0 Å². The van der Waals surface area contributed by atoms with E-state index < -0.39 is 0 Å². The van der Waals surface area contributed by atoms with Crippen molar-refractivity contribution in [1.82, 2.24) is 10.3 Å². The molecule has 36 heavy (non-hydrogen) atoms. The van der Waals surface area contributed by atoms with E-state index in [2.05, 4.69) is 59.7 Å². The predicted molar refractivity (Wildman–Crippen MR) is 137 cm³/mol. The lowest BCUT2D eigenvalue weighted by Crippen LogP contribution is -2.42. The number of aromatic nitrogens is 1. The molecule has 1 aliphatic heterocycles. The van der Waals surface area contributed by atoms with E-state index in [0.717, 1.165) is 23.1 Å². The fraction of sp³-hybridized carbons (Fsp3) is 0.433. The zero-order valence-electron chi connectivity index (χ0n) is 21.0. The van der Waals surface area contributed by atoms with Crippen molar-refractivity contribution < 1.29 is 19.1 Å². The summed E-state index contributed by atoms with van der Waals surface area (Å²) in [5.41, 5.74) is 2.89. The molecular weight excluding hydrogens is 452 g/mol. The highest BCUT2D eigenvalue weighted by Gasteiger charge is 2.57. The second kappa shape index (κ2) is 8.70. The van der Waals surface area contributed by atoms with Crippen LogP contribution in [0.15, 0.2) is 71.8 Å². The molecule has 1 unspecified atom stereocenters. The molecule has 4 aliphatic rings. The van der Waals surface area contributed by atoms with Crippen molar-refractivity contribution in [3.05, 3.63) is 77.4 Å². The van der Waals surface area contributed by atoms with Gasteiger partial charge in [0.05, 0.1) is 11.7 Å². The molecule has 0 radical (unpaired) electrons. The van der Waals surface area contributed by atoms with Crippen molar-refractivity contribution in [3.8, 4) is 0 Å². The highest BCUT2D eigenvalue weighted by Crippen LogP contribution is 2.60. The molecule has 1 aromatic heterocycles. The number of methoxy groups -OCH3 is 1. The van der Waals surface area contributed by atoms with Crippen LogP contribution in [0, 0.1) is 17.3 Å². The number of carbonyl (C=O) groups is 2. The number of fused-ring (bicyclic) bond motifs is 4. The number of amides is 1. The molecule has 6 atom stereocenters. The van der Waals surface area contributed by atoms with Crippen LogP contribution in [-0.4, -0.2) is 42.5 Å². The molecular formula is C30H32N2O4. The van der Waals surface area contributed by atoms with Crippen LogP contribution < -0.4 is 5.32 Å². The minimum absolute atomic E-state index is 0.0581. The van der Waals surface area contributed by atoms with Crippen LogP contribution in [-0.2, 0) is 19.1 Å². The number of rotatable bonds is 4. The van der Waals surface area contributed by atoms with Crippen molar-refractivity contribution in [3.63, 3.8) is 0 Å². The molecule has 6 nitrogen and oxygen atoms in total. The van der Waals surface area contributed by atoms with Gasteiger partial charge in [-0.3, -0.25) is 14.6 Å². The number of pyridine rings is 1. The van der Waals surface area contributed by atoms with Crippen LogP contribution >= 0.6 is 0 Å². The quantitative estimate of drug-likeness (QED) is 0.685. The number of nitrogens with zero attached hydrogens (tertiary/aromatic N) is 1. The molecule has 6 heteroatoms. The lowest BCUT2D eigenvalue weighted by Gasteiger charge is -2.44. The average Bonchev–Trinajstić information content (AvgIpc) is 3.19. The Hall–Kier alpha value is -3.25. The number of Topliss-reactive ketones (excluding diaryl/α,β-unsaturated/α-hetero) is 1. The Morgan fingerprint density at radius 2 is 2.11 bits per heavy atom. The molecule has 6 rings (SSSR count). The Kier molecular flexibility index (Phi) is 5.60. The Balaban J connectivity index is 1.33. The second-order valence-corrected chi connectivity index (χ2v) is 10.9. The van der Waals surface area contributed by atoms with Gasteiger partial charge in [-0.05, 0) is 41.0 Å². The van der Waals surface area contributed by atoms with E-state index in [-0.39, 0.29) is 47.1 Å². The number of ether oxygens (including phenoxy) is 2. The lowest BCUT2D eigenvalue weighted by atomic mass is 9.64. The molecule has 2 heterocycles. The van der Waals surface area contributed by atoms with Gasteiger partial charge in [0.1, 0.15) is 11.9 Å². The first-order valence-corrected chi connectivity index (χ1v) is 12.8. The van der Waals surface area contributed by atoms with E-state index in [9.17, 15) is 9.59 Å². The minimum atomic E-state index is -0.157. The molecule has 1 aromatic carbocycles. The summed E-state index contributed by atoms with van der Waals surface area (Å²) >= 11 is 0. The topological polar surface area (TPSA) is 77.5 Å². The largest absolute Gasteiger partial charge is 0.489 e. The first-order valence-electron chi connectivity index (χ1n) is 12.8. The van der Waals surface area contributed by atoms with Crippen LogP contribution in [0.1, 0.15) is 44.6 Å². The Bertz CT molecular complexity index is 1340. The van der Waals surface area contributed by atoms with Crippen LogP contribution in [0.5, 0.6) is 0 Å². The smallest absolute Gasteiger partial charge is 0.216 e. The molecule has 1 saturated carbocycles. The molecule has 1 N–H and O–H groups in total. The number of hydrogen-bond acceptors (Lipinski definition) is 5. The summed E-state index contributed by atoms with van der Waals surface area (Å²) in [6, 6.07) is 8.69. The molecule has 3 aliphatic carbocycles. The van der Waals surface area contributed by atoms with Gasteiger partial charge in [-0.15, -0.1) is 0 Å². The molecule has 2 aromatic rings. The lowest BCUT2D eigenvalue weighted by molar-refractivity contribution is -0.120. The number of benzene rings is 1. The van der Waals surface area contributed by atoms with Gasteiger partial charge in [0, 0.05) is 68.5 Å². The predicted octanol–water partition coefficient (Wildman–Crippen LogP) is 4.62. The SMILES string of the molecule is CO[C@@H]1C[C@H]2[C@@H]3OC4=C(C=C3C=C[C@]2(C)[C@H]1c1ccc2cnccc2c1)C(=O)CC(CNC(C)=O)C4. The second-order valence-electron chi connectivity index (χ2n) is 10.9. The third-order valence-electron chi connectivity index (χ3n) is 8.75. The number of carbonyl (C=O) groups excluding carboxylic acids is 2. The first-order chi connectivity index (χ1) is 17.4. The summed E-state index contributed by atoms with van der Waals surface area (Å²) in [5, 5.41) is 5.17. The Morgan fingerprint density at radius 3 is 2.92 bits per heavy atom. The van der Waals surface area contributed by atoms with Gasteiger partial charge in [0.2, 0.25) is 5.91 Å². The number of ketones is 1. The summed E-state index contributed by atoms with van der Waals surface area (Å²) in [5.74, 6) is 1.28. The third kappa shape index (κ3) is 3.70. The third-order valence-corrected chi connectivity index (χ3v) is 8.75. The van der Waals surface area contributed by atoms with Gasteiger partial charge < -0.3 is 14.8 Å². The van der Waals surface area contributed by atoms with E-state index in [0.29, 0.717) is 25.0 Å². The van der Waals surface area contributed by atoms with Gasteiger partial charge in [0.25, 0.3) is 0 Å². The van der Waals surface area contributed by atoms with Crippen LogP contribution in [0.25, 0.3) is 10.8 Å². The van der Waals surface area contributed by atoms with Crippen molar-refractivity contribution in [1.29, 1.82) is 0 Å². The number of nitrogens with one attached hydrogen (secondary N) is 1. The minimum Gasteiger partial charge on any atom is -0.489 e. The standard InChI is InChI=1S/C30H32N2O4/c1-17(33)32-15-18-10-25(34)23-13-21-6-8-30(2)24(29(21)36-26(23)11-18)14-27(35-3)28(30)20-4-5-22-16-31-9-7-19(22)12-20/h4-9,12-13,16,18,24,27-29H,10-11,14-15H2,1-3H3,(H,32,33)/t18?,24-,27+,28-,29+,30-/m0/s1. The molecule has 1 fully saturated rings. The Labute approximate surface area is 211 Å². The molecule has 0 spiro atoms. The maximum absolute atomic E-state index is 12.9. The van der Waals surface area contributed by atoms with E-state index in [1.54, 1.807) is 7.11 Å². The zero-order valence-corrected chi connectivity index (χ0v) is 21.0. The van der Waals surface area contributed by atoms with E-state index in [1.807, 2.05) is 12.4 Å². The van der Waals surface area contributed by atoms with E-state index in [1.165, 1.54) is 17.9 Å². The normalized spacial score (nSPS) is 32.9. The number of allylic oxidation sites excluding steroid dienone is 4. The maximum atomic E-state index is 12.9. The summed E-state index contributed by atoms with van der Waals surface area (Å²) in [6.07, 6.45) is 12.2. The summed E-state index contributed by atoms with van der Waals surface area (Å²) < 4.78 is 12.8. The molecule has 1 amide bonds. The molecule has 0 saturated heterocycles. The summed E-state index contributed by atoms with van der Waals surface area (Å²) in [6.45, 7) is 4.32. The highest BCUT2D eigenvalue weighted by atomic mass is 16.5. The van der Waals surface area contributed by atoms with E-state index in [4.69, 9.17) is 9.47 Å². The fourth-order valence-corrected chi connectivity index (χ4v) is 6.93. The van der Waals surface area contributed by atoms with Crippen molar-refractivity contribution in [2.75, 3.05) is 13.7 Å². The van der Waals surface area contributed by atoms with Crippen molar-refractivity contribution in [2.24, 2.45) is 17.3 Å². The highest BCUT2D eigenvalue weighted by molar-refractivity contribution is 6.00. The number of hydrogen-bond donors (Lipinski definition) is 1. The molecule has 186 valence electrons. The molecule has 0 bridgehead atoms. The zero-order chi connectivity index (χ0) is 25.0. The fourth-order valence-electron chi connectivity index (χ4n) is 6.93. The van der Waals surface area contributed by atoms with Crippen LogP contribution in [0.2, 0.25) is 0 Å². The summed E-state index contributed by atoms with van der Waals surface area (Å²) in [7, 11) is 1.80. The Morgan fingerprint density at radius 1 is 1.25 bits per heavy atom. The first kappa shape index (κ1) is 23.2. The van der Waals surface area contributed by atoms with Crippen molar-refractivity contribution >= 4 is 22.5 Å². The van der Waals surface area contributed by atoms with Crippen LogP contribution in [0.4, 0.5) is 0 Å². The van der Waals surface area contributed by atoms with Crippen molar-refractivity contribution in [2.45, 2.75) is 51.2 Å². The van der Waals surface area contributed by atoms with Gasteiger partial charge in [-0.2, -0.15) is 0 Å². The van der Waals surface area contributed by atoms with Gasteiger partial charge in [-0.25, -0.2) is 0 Å². The maximum Gasteiger partial charge on any atom is 0.216 e.